The van der Waals surface area contributed by atoms with E-state index in [2.05, 4.69) is 10.3 Å². The van der Waals surface area contributed by atoms with Crippen molar-refractivity contribution in [1.29, 1.82) is 0 Å². The first-order valence-corrected chi connectivity index (χ1v) is 8.45. The van der Waals surface area contributed by atoms with Crippen molar-refractivity contribution in [3.63, 3.8) is 0 Å². The van der Waals surface area contributed by atoms with Crippen LogP contribution in [0.5, 0.6) is 0 Å². The van der Waals surface area contributed by atoms with Crippen LogP contribution in [0.25, 0.3) is 0 Å². The standard InChI is InChI=1S/C11H27N3O3Si/c1-5-15-18(16-6-2,17-7-3)10-8-9-14-11(12)13-4/h5-10H2,1-4H3,(H3,12,13,14). The minimum absolute atomic E-state index is 0.450. The summed E-state index contributed by atoms with van der Waals surface area (Å²) in [6.07, 6.45) is 0.877. The second-order valence-corrected chi connectivity index (χ2v) is 6.35. The van der Waals surface area contributed by atoms with E-state index in [1.54, 1.807) is 7.05 Å². The van der Waals surface area contributed by atoms with Gasteiger partial charge in [0.25, 0.3) is 0 Å². The summed E-state index contributed by atoms with van der Waals surface area (Å²) in [5, 5.41) is 3.01. The molecule has 18 heavy (non-hydrogen) atoms. The molecule has 0 saturated heterocycles. The van der Waals surface area contributed by atoms with Crippen molar-refractivity contribution in [2.45, 2.75) is 33.2 Å². The van der Waals surface area contributed by atoms with E-state index in [0.717, 1.165) is 19.0 Å². The summed E-state index contributed by atoms with van der Waals surface area (Å²) in [5.41, 5.74) is 5.56. The Balaban J connectivity index is 4.20. The fraction of sp³-hybridized carbons (Fsp3) is 0.909. The highest BCUT2D eigenvalue weighted by Crippen LogP contribution is 2.17. The Kier molecular flexibility index (Phi) is 9.94. The molecule has 0 bridgehead atoms. The molecule has 3 N–H and O–H groups in total. The van der Waals surface area contributed by atoms with Crippen molar-refractivity contribution >= 4 is 14.8 Å². The maximum atomic E-state index is 5.75. The van der Waals surface area contributed by atoms with Gasteiger partial charge in [-0.2, -0.15) is 0 Å². The van der Waals surface area contributed by atoms with E-state index in [0.29, 0.717) is 25.8 Å². The zero-order valence-corrected chi connectivity index (χ0v) is 13.0. The van der Waals surface area contributed by atoms with Crippen LogP contribution >= 0.6 is 0 Å². The van der Waals surface area contributed by atoms with Crippen LogP contribution in [0.2, 0.25) is 6.04 Å². The van der Waals surface area contributed by atoms with Crippen LogP contribution in [0.4, 0.5) is 0 Å². The number of guanidine groups is 1. The monoisotopic (exact) mass is 277 g/mol. The summed E-state index contributed by atoms with van der Waals surface area (Å²) >= 11 is 0. The van der Waals surface area contributed by atoms with E-state index >= 15 is 0 Å². The lowest BCUT2D eigenvalue weighted by Gasteiger charge is -2.28. The molecule has 0 saturated carbocycles. The smallest absolute Gasteiger partial charge is 0.374 e. The van der Waals surface area contributed by atoms with E-state index in [1.807, 2.05) is 20.8 Å². The molecule has 0 amide bonds. The van der Waals surface area contributed by atoms with E-state index < -0.39 is 8.80 Å². The van der Waals surface area contributed by atoms with Crippen LogP contribution in [-0.2, 0) is 13.3 Å². The Bertz CT molecular complexity index is 223. The molecule has 0 rings (SSSR count). The third-order valence-corrected chi connectivity index (χ3v) is 5.45. The van der Waals surface area contributed by atoms with Crippen LogP contribution in [-0.4, -0.2) is 48.2 Å². The van der Waals surface area contributed by atoms with Crippen molar-refractivity contribution in [2.75, 3.05) is 33.4 Å². The molecule has 0 aliphatic heterocycles. The zero-order valence-electron chi connectivity index (χ0n) is 12.0. The summed E-state index contributed by atoms with van der Waals surface area (Å²) in [5.74, 6) is 0.450. The quantitative estimate of drug-likeness (QED) is 0.269. The van der Waals surface area contributed by atoms with E-state index in [4.69, 9.17) is 19.0 Å². The maximum Gasteiger partial charge on any atom is 0.500 e. The van der Waals surface area contributed by atoms with Gasteiger partial charge in [0.1, 0.15) is 0 Å². The third kappa shape index (κ3) is 6.95. The second-order valence-electron chi connectivity index (χ2n) is 3.62. The Hall–Kier alpha value is -0.633. The SMILES string of the molecule is CCO[Si](CCCNC(N)=NC)(OCC)OCC. The predicted octanol–water partition coefficient (Wildman–Crippen LogP) is 0.959. The highest BCUT2D eigenvalue weighted by molar-refractivity contribution is 6.60. The third-order valence-electron chi connectivity index (χ3n) is 2.30. The van der Waals surface area contributed by atoms with Crippen molar-refractivity contribution in [3.8, 4) is 0 Å². The molecule has 7 heteroatoms. The summed E-state index contributed by atoms with van der Waals surface area (Å²) in [7, 11) is -0.844. The summed E-state index contributed by atoms with van der Waals surface area (Å²) in [4.78, 5) is 3.83. The molecule has 0 aliphatic carbocycles. The molecular weight excluding hydrogens is 250 g/mol. The molecule has 0 fully saturated rings. The Morgan fingerprint density at radius 3 is 2.00 bits per heavy atom. The van der Waals surface area contributed by atoms with E-state index in [-0.39, 0.29) is 0 Å². The molecule has 0 aromatic rings. The van der Waals surface area contributed by atoms with Crippen LogP contribution < -0.4 is 11.1 Å². The van der Waals surface area contributed by atoms with E-state index in [1.165, 1.54) is 0 Å². The molecule has 0 aliphatic rings. The first-order valence-electron chi connectivity index (χ1n) is 6.52. The van der Waals surface area contributed by atoms with Gasteiger partial charge in [-0.25, -0.2) is 0 Å². The van der Waals surface area contributed by atoms with Gasteiger partial charge in [-0.05, 0) is 27.2 Å². The number of hydrogen-bond acceptors (Lipinski definition) is 4. The van der Waals surface area contributed by atoms with Crippen LogP contribution in [0.3, 0.4) is 0 Å². The van der Waals surface area contributed by atoms with E-state index in [9.17, 15) is 0 Å². The Morgan fingerprint density at radius 2 is 1.61 bits per heavy atom. The maximum absolute atomic E-state index is 5.75. The van der Waals surface area contributed by atoms with Gasteiger partial charge in [0.2, 0.25) is 0 Å². The number of nitrogens with two attached hydrogens (primary N) is 1. The Labute approximate surface area is 111 Å². The van der Waals surface area contributed by atoms with Gasteiger partial charge in [0.05, 0.1) is 0 Å². The lowest BCUT2D eigenvalue weighted by molar-refractivity contribution is 0.0709. The minimum atomic E-state index is -2.50. The van der Waals surface area contributed by atoms with Crippen molar-refractivity contribution in [1.82, 2.24) is 5.32 Å². The average molecular weight is 277 g/mol. The summed E-state index contributed by atoms with van der Waals surface area (Å²) in [6.45, 7) is 8.44. The Morgan fingerprint density at radius 1 is 1.11 bits per heavy atom. The fourth-order valence-corrected chi connectivity index (χ4v) is 4.21. The van der Waals surface area contributed by atoms with Gasteiger partial charge >= 0.3 is 8.80 Å². The number of hydrogen-bond donors (Lipinski definition) is 2. The number of rotatable bonds is 10. The fourth-order valence-electron chi connectivity index (χ4n) is 1.60. The molecule has 0 aromatic carbocycles. The molecule has 0 unspecified atom stereocenters. The number of nitrogens with one attached hydrogen (secondary N) is 1. The van der Waals surface area contributed by atoms with Gasteiger partial charge in [-0.3, -0.25) is 4.99 Å². The largest absolute Gasteiger partial charge is 0.500 e. The molecule has 0 radical (unpaired) electrons. The first-order chi connectivity index (χ1) is 8.64. The molecule has 6 nitrogen and oxygen atoms in total. The van der Waals surface area contributed by atoms with Crippen LogP contribution in [0, 0.1) is 0 Å². The zero-order chi connectivity index (χ0) is 13.9. The predicted molar refractivity (Wildman–Crippen MR) is 75.6 cm³/mol. The highest BCUT2D eigenvalue weighted by atomic mass is 28.4. The van der Waals surface area contributed by atoms with Gasteiger partial charge < -0.3 is 24.3 Å². The molecule has 0 spiro atoms. The molecule has 0 heterocycles. The number of aliphatic imine (C=N–C) groups is 1. The first kappa shape index (κ1) is 17.4. The number of nitrogens with zero attached hydrogens (tertiary/aromatic N) is 1. The van der Waals surface area contributed by atoms with Gasteiger partial charge in [-0.15, -0.1) is 0 Å². The molecule has 0 aromatic heterocycles. The lowest BCUT2D eigenvalue weighted by atomic mass is 10.5. The van der Waals surface area contributed by atoms with Crippen LogP contribution in [0.1, 0.15) is 27.2 Å². The van der Waals surface area contributed by atoms with Crippen molar-refractivity contribution in [2.24, 2.45) is 10.7 Å². The summed E-state index contributed by atoms with van der Waals surface area (Å²) < 4.78 is 17.2. The van der Waals surface area contributed by atoms with Crippen molar-refractivity contribution in [3.05, 3.63) is 0 Å². The molecule has 108 valence electrons. The van der Waals surface area contributed by atoms with Gasteiger partial charge in [0, 0.05) is 39.5 Å². The van der Waals surface area contributed by atoms with Gasteiger partial charge in [-0.1, -0.05) is 0 Å². The lowest BCUT2D eigenvalue weighted by Crippen LogP contribution is -2.46. The van der Waals surface area contributed by atoms with Gasteiger partial charge in [0.15, 0.2) is 5.96 Å². The normalized spacial score (nSPS) is 12.8. The highest BCUT2D eigenvalue weighted by Gasteiger charge is 2.39. The average Bonchev–Trinajstić information content (AvgIpc) is 2.35. The van der Waals surface area contributed by atoms with Crippen molar-refractivity contribution < 1.29 is 13.3 Å². The molecule has 0 atom stereocenters. The topological polar surface area (TPSA) is 78.1 Å². The van der Waals surface area contributed by atoms with Crippen LogP contribution in [0.15, 0.2) is 4.99 Å². The molecular formula is C11H27N3O3Si. The minimum Gasteiger partial charge on any atom is -0.374 e. The summed E-state index contributed by atoms with van der Waals surface area (Å²) in [6, 6.07) is 0.784. The second kappa shape index (κ2) is 10.3.